The van der Waals surface area contributed by atoms with Gasteiger partial charge in [0.05, 0.1) is 18.2 Å². The summed E-state index contributed by atoms with van der Waals surface area (Å²) in [6, 6.07) is 7.56. The van der Waals surface area contributed by atoms with Crippen LogP contribution in [0.3, 0.4) is 0 Å². The minimum absolute atomic E-state index is 0.00238. The molecule has 0 aliphatic heterocycles. The second-order valence-corrected chi connectivity index (χ2v) is 3.26. The molecule has 0 fully saturated rings. The molecule has 0 saturated carbocycles. The van der Waals surface area contributed by atoms with Crippen LogP contribution in [0, 0.1) is 18.3 Å². The number of nitrogens with zero attached hydrogens (tertiary/aromatic N) is 1. The molecule has 3 heteroatoms. The largest absolute Gasteiger partial charge is 0.390 e. The van der Waals surface area contributed by atoms with Gasteiger partial charge in [-0.1, -0.05) is 0 Å². The number of nitrogens with one attached hydrogen (secondary N) is 1. The molecule has 0 aliphatic carbocycles. The summed E-state index contributed by atoms with van der Waals surface area (Å²) in [5.41, 5.74) is 3.43. The lowest BCUT2D eigenvalue weighted by atomic mass is 10.1. The average Bonchev–Trinajstić information content (AvgIpc) is 2.55. The molecule has 0 saturated heterocycles. The Hall–Kier alpha value is -1.79. The molecule has 3 nitrogen and oxygen atoms in total. The highest BCUT2D eigenvalue weighted by Crippen LogP contribution is 2.22. The number of H-pyrrole nitrogens is 1. The van der Waals surface area contributed by atoms with Gasteiger partial charge in [-0.25, -0.2) is 0 Å². The molecule has 70 valence electrons. The lowest BCUT2D eigenvalue weighted by Gasteiger charge is -1.92. The van der Waals surface area contributed by atoms with Gasteiger partial charge in [0.25, 0.3) is 0 Å². The molecule has 0 unspecified atom stereocenters. The van der Waals surface area contributed by atoms with Crippen molar-refractivity contribution in [1.82, 2.24) is 4.98 Å². The van der Waals surface area contributed by atoms with Crippen molar-refractivity contribution < 1.29 is 5.11 Å². The molecule has 0 spiro atoms. The summed E-state index contributed by atoms with van der Waals surface area (Å²) >= 11 is 0. The van der Waals surface area contributed by atoms with Crippen LogP contribution in [0.25, 0.3) is 10.9 Å². The number of aromatic amines is 1. The SMILES string of the molecule is Cc1c(CO)[nH]c2ccc(C#N)cc12. The first-order valence-electron chi connectivity index (χ1n) is 4.38. The Morgan fingerprint density at radius 2 is 2.29 bits per heavy atom. The summed E-state index contributed by atoms with van der Waals surface area (Å²) < 4.78 is 0. The fraction of sp³-hybridized carbons (Fsp3) is 0.182. The third-order valence-corrected chi connectivity index (χ3v) is 2.45. The van der Waals surface area contributed by atoms with Crippen molar-refractivity contribution in [3.8, 4) is 6.07 Å². The van der Waals surface area contributed by atoms with Gasteiger partial charge >= 0.3 is 0 Å². The number of hydrogen-bond acceptors (Lipinski definition) is 2. The second-order valence-electron chi connectivity index (χ2n) is 3.26. The molecular formula is C11H10N2O. The van der Waals surface area contributed by atoms with Crippen LogP contribution >= 0.6 is 0 Å². The molecule has 1 aromatic carbocycles. The van der Waals surface area contributed by atoms with E-state index in [1.54, 1.807) is 6.07 Å². The third-order valence-electron chi connectivity index (χ3n) is 2.45. The number of nitriles is 1. The molecule has 0 bridgehead atoms. The number of hydrogen-bond donors (Lipinski definition) is 2. The van der Waals surface area contributed by atoms with Gasteiger partial charge in [0, 0.05) is 16.6 Å². The molecule has 14 heavy (non-hydrogen) atoms. The molecule has 0 amide bonds. The van der Waals surface area contributed by atoms with Crippen LogP contribution in [0.5, 0.6) is 0 Å². The zero-order chi connectivity index (χ0) is 10.1. The predicted molar refractivity (Wildman–Crippen MR) is 53.7 cm³/mol. The van der Waals surface area contributed by atoms with E-state index < -0.39 is 0 Å². The van der Waals surface area contributed by atoms with E-state index in [2.05, 4.69) is 11.1 Å². The highest BCUT2D eigenvalue weighted by atomic mass is 16.3. The van der Waals surface area contributed by atoms with E-state index in [1.807, 2.05) is 19.1 Å². The van der Waals surface area contributed by atoms with Gasteiger partial charge in [0.2, 0.25) is 0 Å². The van der Waals surface area contributed by atoms with Crippen LogP contribution in [-0.2, 0) is 6.61 Å². The van der Waals surface area contributed by atoms with Crippen LogP contribution in [0.2, 0.25) is 0 Å². The Bertz CT molecular complexity index is 520. The summed E-state index contributed by atoms with van der Waals surface area (Å²) in [7, 11) is 0. The third kappa shape index (κ3) is 1.17. The van der Waals surface area contributed by atoms with E-state index in [9.17, 15) is 0 Å². The highest BCUT2D eigenvalue weighted by molar-refractivity contribution is 5.85. The van der Waals surface area contributed by atoms with Gasteiger partial charge < -0.3 is 10.1 Å². The van der Waals surface area contributed by atoms with Crippen molar-refractivity contribution >= 4 is 10.9 Å². The fourth-order valence-electron chi connectivity index (χ4n) is 1.61. The zero-order valence-corrected chi connectivity index (χ0v) is 7.83. The van der Waals surface area contributed by atoms with Gasteiger partial charge in [0.1, 0.15) is 0 Å². The number of benzene rings is 1. The Morgan fingerprint density at radius 3 is 2.93 bits per heavy atom. The number of aliphatic hydroxyl groups excluding tert-OH is 1. The highest BCUT2D eigenvalue weighted by Gasteiger charge is 2.06. The summed E-state index contributed by atoms with van der Waals surface area (Å²) in [5, 5.41) is 18.8. The quantitative estimate of drug-likeness (QED) is 0.713. The molecular weight excluding hydrogens is 176 g/mol. The monoisotopic (exact) mass is 186 g/mol. The van der Waals surface area contributed by atoms with Crippen molar-refractivity contribution in [2.45, 2.75) is 13.5 Å². The van der Waals surface area contributed by atoms with Gasteiger partial charge in [0.15, 0.2) is 0 Å². The van der Waals surface area contributed by atoms with Crippen molar-refractivity contribution in [3.05, 3.63) is 35.0 Å². The van der Waals surface area contributed by atoms with Crippen molar-refractivity contribution in [2.24, 2.45) is 0 Å². The topological polar surface area (TPSA) is 59.8 Å². The van der Waals surface area contributed by atoms with E-state index in [-0.39, 0.29) is 6.61 Å². The first-order chi connectivity index (χ1) is 6.76. The van der Waals surface area contributed by atoms with E-state index in [4.69, 9.17) is 10.4 Å². The normalized spacial score (nSPS) is 10.4. The lowest BCUT2D eigenvalue weighted by molar-refractivity contribution is 0.277. The van der Waals surface area contributed by atoms with E-state index in [1.165, 1.54) is 0 Å². The Labute approximate surface area is 81.6 Å². The smallest absolute Gasteiger partial charge is 0.0991 e. The Kier molecular flexibility index (Phi) is 1.99. The van der Waals surface area contributed by atoms with Crippen molar-refractivity contribution in [2.75, 3.05) is 0 Å². The molecule has 2 aromatic rings. The van der Waals surface area contributed by atoms with Gasteiger partial charge in [-0.05, 0) is 30.7 Å². The maximum absolute atomic E-state index is 9.05. The summed E-state index contributed by atoms with van der Waals surface area (Å²) in [4.78, 5) is 3.11. The van der Waals surface area contributed by atoms with Gasteiger partial charge in [-0.3, -0.25) is 0 Å². The number of aryl methyl sites for hydroxylation is 1. The first-order valence-corrected chi connectivity index (χ1v) is 4.38. The Morgan fingerprint density at radius 1 is 1.50 bits per heavy atom. The molecule has 0 atom stereocenters. The second kappa shape index (κ2) is 3.17. The number of aliphatic hydroxyl groups is 1. The maximum atomic E-state index is 9.05. The fourth-order valence-corrected chi connectivity index (χ4v) is 1.61. The van der Waals surface area contributed by atoms with Gasteiger partial charge in [-0.15, -0.1) is 0 Å². The molecule has 0 radical (unpaired) electrons. The van der Waals surface area contributed by atoms with Crippen LogP contribution in [0.15, 0.2) is 18.2 Å². The minimum atomic E-state index is 0.00238. The average molecular weight is 186 g/mol. The number of aromatic nitrogens is 1. The van der Waals surface area contributed by atoms with Crippen LogP contribution in [0.4, 0.5) is 0 Å². The standard InChI is InChI=1S/C11H10N2O/c1-7-9-4-8(5-12)2-3-10(9)13-11(7)6-14/h2-4,13-14H,6H2,1H3. The zero-order valence-electron chi connectivity index (χ0n) is 7.83. The molecule has 2 N–H and O–H groups in total. The van der Waals surface area contributed by atoms with E-state index >= 15 is 0 Å². The molecule has 1 heterocycles. The van der Waals surface area contributed by atoms with E-state index in [0.29, 0.717) is 5.56 Å². The van der Waals surface area contributed by atoms with Crippen LogP contribution in [-0.4, -0.2) is 10.1 Å². The molecule has 2 rings (SSSR count). The Balaban J connectivity index is 2.75. The summed E-state index contributed by atoms with van der Waals surface area (Å²) in [6.07, 6.45) is 0. The number of rotatable bonds is 1. The summed E-state index contributed by atoms with van der Waals surface area (Å²) in [5.74, 6) is 0. The van der Waals surface area contributed by atoms with E-state index in [0.717, 1.165) is 22.2 Å². The minimum Gasteiger partial charge on any atom is -0.390 e. The van der Waals surface area contributed by atoms with Crippen LogP contribution in [0.1, 0.15) is 16.8 Å². The predicted octanol–water partition coefficient (Wildman–Crippen LogP) is 1.84. The molecule has 0 aliphatic rings. The van der Waals surface area contributed by atoms with Gasteiger partial charge in [-0.2, -0.15) is 5.26 Å². The lowest BCUT2D eigenvalue weighted by Crippen LogP contribution is -1.84. The van der Waals surface area contributed by atoms with Crippen LogP contribution < -0.4 is 0 Å². The van der Waals surface area contributed by atoms with Crippen molar-refractivity contribution in [3.63, 3.8) is 0 Å². The number of fused-ring (bicyclic) bond motifs is 1. The maximum Gasteiger partial charge on any atom is 0.0991 e. The molecule has 1 aromatic heterocycles. The summed E-state index contributed by atoms with van der Waals surface area (Å²) in [6.45, 7) is 1.94. The first kappa shape index (κ1) is 8.79. The van der Waals surface area contributed by atoms with Crippen molar-refractivity contribution in [1.29, 1.82) is 5.26 Å².